The molecule has 0 saturated carbocycles. The molecule has 0 unspecified atom stereocenters. The van der Waals surface area contributed by atoms with Gasteiger partial charge in [-0.1, -0.05) is 17.9 Å². The van der Waals surface area contributed by atoms with Crippen LogP contribution in [0, 0.1) is 23.5 Å². The van der Waals surface area contributed by atoms with E-state index in [1.165, 1.54) is 27.0 Å². The molecule has 0 heterocycles. The van der Waals surface area contributed by atoms with Gasteiger partial charge in [-0.3, -0.25) is 4.79 Å². The third kappa shape index (κ3) is 4.34. The molecule has 0 radical (unpaired) electrons. The van der Waals surface area contributed by atoms with Gasteiger partial charge in [-0.15, -0.1) is 0 Å². The van der Waals surface area contributed by atoms with Crippen molar-refractivity contribution < 1.29 is 18.7 Å². The fourth-order valence-corrected chi connectivity index (χ4v) is 1.34. The summed E-state index contributed by atoms with van der Waals surface area (Å²) in [7, 11) is 1.38. The summed E-state index contributed by atoms with van der Waals surface area (Å²) in [5.41, 5.74) is -1.78. The van der Waals surface area contributed by atoms with Gasteiger partial charge in [0.05, 0.1) is 6.54 Å². The molecule has 0 aromatic heterocycles. The second-order valence-corrected chi connectivity index (χ2v) is 4.62. The van der Waals surface area contributed by atoms with E-state index < -0.39 is 28.7 Å². The summed E-state index contributed by atoms with van der Waals surface area (Å²) in [4.78, 5) is 12.9. The average Bonchev–Trinajstić information content (AvgIpc) is 2.26. The van der Waals surface area contributed by atoms with E-state index in [1.54, 1.807) is 0 Å². The number of hydrogen-bond acceptors (Lipinski definition) is 2. The smallest absolute Gasteiger partial charge is 0.260 e. The number of halogens is 2. The van der Waals surface area contributed by atoms with Crippen molar-refractivity contribution in [2.75, 3.05) is 13.6 Å². The van der Waals surface area contributed by atoms with Gasteiger partial charge >= 0.3 is 0 Å². The Labute approximate surface area is 110 Å². The van der Waals surface area contributed by atoms with Gasteiger partial charge in [0.2, 0.25) is 0 Å². The van der Waals surface area contributed by atoms with Crippen LogP contribution in [0.5, 0.6) is 0 Å². The normalized spacial score (nSPS) is 10.6. The van der Waals surface area contributed by atoms with Crippen LogP contribution < -0.4 is 0 Å². The van der Waals surface area contributed by atoms with Crippen molar-refractivity contribution in [3.63, 3.8) is 0 Å². The molecule has 1 N–H and O–H groups in total. The maximum absolute atomic E-state index is 13.4. The highest BCUT2D eigenvalue weighted by atomic mass is 19.1. The molecule has 0 bridgehead atoms. The van der Waals surface area contributed by atoms with Crippen LogP contribution in [0.4, 0.5) is 8.78 Å². The van der Waals surface area contributed by atoms with E-state index in [0.29, 0.717) is 0 Å². The number of benzene rings is 1. The van der Waals surface area contributed by atoms with Gasteiger partial charge in [0, 0.05) is 7.05 Å². The molecule has 0 fully saturated rings. The lowest BCUT2D eigenvalue weighted by molar-refractivity contribution is 0.0802. The lowest BCUT2D eigenvalue weighted by Crippen LogP contribution is -2.29. The first-order valence-electron chi connectivity index (χ1n) is 5.64. The highest BCUT2D eigenvalue weighted by Crippen LogP contribution is 2.13. The molecule has 0 aliphatic rings. The van der Waals surface area contributed by atoms with E-state index in [-0.39, 0.29) is 6.54 Å². The van der Waals surface area contributed by atoms with E-state index in [0.717, 1.165) is 17.0 Å². The molecule has 1 amide bonds. The molecule has 1 aromatic rings. The van der Waals surface area contributed by atoms with Crippen LogP contribution in [0.1, 0.15) is 24.2 Å². The van der Waals surface area contributed by atoms with Crippen molar-refractivity contribution in [3.8, 4) is 11.8 Å². The lowest BCUT2D eigenvalue weighted by atomic mass is 10.1. The van der Waals surface area contributed by atoms with Crippen LogP contribution in [0.25, 0.3) is 0 Å². The van der Waals surface area contributed by atoms with E-state index in [4.69, 9.17) is 0 Å². The third-order valence-electron chi connectivity index (χ3n) is 2.23. The lowest BCUT2D eigenvalue weighted by Gasteiger charge is -2.15. The number of carbonyl (C=O) groups is 1. The largest absolute Gasteiger partial charge is 0.378 e. The van der Waals surface area contributed by atoms with Gasteiger partial charge in [0.25, 0.3) is 5.91 Å². The Morgan fingerprint density at radius 2 is 1.89 bits per heavy atom. The second kappa shape index (κ2) is 5.81. The number of nitrogens with zero attached hydrogens (tertiary/aromatic N) is 1. The Balaban J connectivity index is 2.86. The van der Waals surface area contributed by atoms with Crippen molar-refractivity contribution in [2.24, 2.45) is 0 Å². The molecule has 5 heteroatoms. The molecule has 0 atom stereocenters. The standard InChI is InChI=1S/C14H15F2NO2/c1-14(2,19)8-5-9-17(3)13(18)12-10(15)6-4-7-11(12)16/h4,6-7,19H,9H2,1-3H3. The second-order valence-electron chi connectivity index (χ2n) is 4.62. The van der Waals surface area contributed by atoms with Gasteiger partial charge < -0.3 is 10.0 Å². The highest BCUT2D eigenvalue weighted by Gasteiger charge is 2.20. The van der Waals surface area contributed by atoms with Crippen molar-refractivity contribution in [2.45, 2.75) is 19.4 Å². The summed E-state index contributed by atoms with van der Waals surface area (Å²) in [6.45, 7) is 2.97. The number of aliphatic hydroxyl groups is 1. The highest BCUT2D eigenvalue weighted by molar-refractivity contribution is 5.94. The monoisotopic (exact) mass is 267 g/mol. The molecular weight excluding hydrogens is 252 g/mol. The van der Waals surface area contributed by atoms with E-state index in [1.807, 2.05) is 0 Å². The predicted molar refractivity (Wildman–Crippen MR) is 67.4 cm³/mol. The van der Waals surface area contributed by atoms with Crippen molar-refractivity contribution in [3.05, 3.63) is 35.4 Å². The predicted octanol–water partition coefficient (Wildman–Crippen LogP) is 1.81. The maximum Gasteiger partial charge on any atom is 0.260 e. The molecule has 0 spiro atoms. The molecule has 0 aliphatic carbocycles. The van der Waals surface area contributed by atoms with Crippen LogP contribution in [-0.4, -0.2) is 35.1 Å². The van der Waals surface area contributed by atoms with Crippen LogP contribution in [-0.2, 0) is 0 Å². The summed E-state index contributed by atoms with van der Waals surface area (Å²) >= 11 is 0. The number of rotatable bonds is 2. The SMILES string of the molecule is CN(CC#CC(C)(C)O)C(=O)c1c(F)cccc1F. The minimum atomic E-state index is -1.17. The first kappa shape index (κ1) is 15.1. The Morgan fingerprint density at radius 1 is 1.37 bits per heavy atom. The molecule has 0 saturated heterocycles. The average molecular weight is 267 g/mol. The zero-order valence-electron chi connectivity index (χ0n) is 11.0. The molecule has 102 valence electrons. The van der Waals surface area contributed by atoms with Gasteiger partial charge in [-0.2, -0.15) is 0 Å². The van der Waals surface area contributed by atoms with Crippen LogP contribution >= 0.6 is 0 Å². The summed E-state index contributed by atoms with van der Waals surface area (Å²) in [6.07, 6.45) is 0. The minimum Gasteiger partial charge on any atom is -0.378 e. The Bertz CT molecular complexity index is 518. The minimum absolute atomic E-state index is 0.0312. The van der Waals surface area contributed by atoms with Crippen LogP contribution in [0.2, 0.25) is 0 Å². The van der Waals surface area contributed by atoms with Crippen LogP contribution in [0.15, 0.2) is 18.2 Å². The Morgan fingerprint density at radius 3 is 2.37 bits per heavy atom. The first-order valence-corrected chi connectivity index (χ1v) is 5.64. The number of amides is 1. The fraction of sp³-hybridized carbons (Fsp3) is 0.357. The van der Waals surface area contributed by atoms with E-state index in [9.17, 15) is 18.7 Å². The van der Waals surface area contributed by atoms with Crippen molar-refractivity contribution in [1.82, 2.24) is 4.90 Å². The van der Waals surface area contributed by atoms with E-state index in [2.05, 4.69) is 11.8 Å². The summed E-state index contributed by atoms with van der Waals surface area (Å²) in [6, 6.07) is 3.23. The number of hydrogen-bond donors (Lipinski definition) is 1. The molecule has 19 heavy (non-hydrogen) atoms. The molecule has 1 aromatic carbocycles. The molecule has 3 nitrogen and oxygen atoms in total. The Kier molecular flexibility index (Phi) is 4.62. The number of carbonyl (C=O) groups excluding carboxylic acids is 1. The van der Waals surface area contributed by atoms with E-state index >= 15 is 0 Å². The van der Waals surface area contributed by atoms with Gasteiger partial charge in [0.1, 0.15) is 22.8 Å². The fourth-order valence-electron chi connectivity index (χ4n) is 1.34. The quantitative estimate of drug-likeness (QED) is 0.830. The zero-order valence-corrected chi connectivity index (χ0v) is 11.0. The molecule has 1 rings (SSSR count). The summed E-state index contributed by atoms with van der Waals surface area (Å²) in [5, 5.41) is 9.38. The molecule has 0 aliphatic heterocycles. The van der Waals surface area contributed by atoms with Gasteiger partial charge in [-0.25, -0.2) is 8.78 Å². The summed E-state index contributed by atoms with van der Waals surface area (Å²) < 4.78 is 26.8. The Hall–Kier alpha value is -1.93. The zero-order chi connectivity index (χ0) is 14.6. The maximum atomic E-state index is 13.4. The molecular formula is C14H15F2NO2. The first-order chi connectivity index (χ1) is 8.72. The topological polar surface area (TPSA) is 40.5 Å². The van der Waals surface area contributed by atoms with Gasteiger partial charge in [-0.05, 0) is 26.0 Å². The van der Waals surface area contributed by atoms with Crippen molar-refractivity contribution in [1.29, 1.82) is 0 Å². The van der Waals surface area contributed by atoms with Gasteiger partial charge in [0.15, 0.2) is 0 Å². The third-order valence-corrected chi connectivity index (χ3v) is 2.23. The summed E-state index contributed by atoms with van der Waals surface area (Å²) in [5.74, 6) is 2.48. The van der Waals surface area contributed by atoms with Crippen LogP contribution in [0.3, 0.4) is 0 Å². The van der Waals surface area contributed by atoms with Crippen molar-refractivity contribution >= 4 is 5.91 Å².